The van der Waals surface area contributed by atoms with Crippen molar-refractivity contribution in [2.75, 3.05) is 12.3 Å². The number of fused-ring (bicyclic) bond motifs is 1. The molecular formula is C8H11N3O. The molecule has 4 nitrogen and oxygen atoms in total. The third-order valence-corrected chi connectivity index (χ3v) is 1.71. The zero-order valence-electron chi connectivity index (χ0n) is 6.90. The summed E-state index contributed by atoms with van der Waals surface area (Å²) in [5.74, 6) is 0. The van der Waals surface area contributed by atoms with Crippen molar-refractivity contribution in [1.29, 1.82) is 0 Å². The normalized spacial score (nSPS) is 10.8. The van der Waals surface area contributed by atoms with Gasteiger partial charge in [0.15, 0.2) is 5.65 Å². The smallest absolute Gasteiger partial charge is 0.155 e. The monoisotopic (exact) mass is 165 g/mol. The van der Waals surface area contributed by atoms with E-state index in [2.05, 4.69) is 0 Å². The maximum atomic E-state index is 5.61. The summed E-state index contributed by atoms with van der Waals surface area (Å²) in [6, 6.07) is 1.87. The fourth-order valence-corrected chi connectivity index (χ4v) is 1.24. The first-order valence-electron chi connectivity index (χ1n) is 3.89. The van der Waals surface area contributed by atoms with Gasteiger partial charge in [0.05, 0.1) is 11.9 Å². The number of anilines is 1. The summed E-state index contributed by atoms with van der Waals surface area (Å²) in [7, 11) is 0. The van der Waals surface area contributed by atoms with E-state index in [0.717, 1.165) is 11.3 Å². The van der Waals surface area contributed by atoms with Crippen LogP contribution in [-0.2, 0) is 0 Å². The van der Waals surface area contributed by atoms with Crippen molar-refractivity contribution >= 4 is 11.3 Å². The summed E-state index contributed by atoms with van der Waals surface area (Å²) in [6.07, 6.45) is 5.62. The van der Waals surface area contributed by atoms with Gasteiger partial charge >= 0.3 is 0 Å². The lowest BCUT2D eigenvalue weighted by Crippen LogP contribution is -2.08. The number of nitrogens with two attached hydrogens (primary N) is 1. The lowest BCUT2D eigenvalue weighted by Gasteiger charge is -2.01. The zero-order valence-corrected chi connectivity index (χ0v) is 6.90. The molecule has 0 bridgehead atoms. The summed E-state index contributed by atoms with van der Waals surface area (Å²) in [5, 5.41) is 0. The van der Waals surface area contributed by atoms with Gasteiger partial charge in [0.1, 0.15) is 6.61 Å². The van der Waals surface area contributed by atoms with E-state index < -0.39 is 0 Å². The Morgan fingerprint density at radius 2 is 2.33 bits per heavy atom. The predicted octanol–water partition coefficient (Wildman–Crippen LogP) is 0.772. The highest BCUT2D eigenvalue weighted by atomic mass is 16.7. The van der Waals surface area contributed by atoms with Gasteiger partial charge in [-0.2, -0.15) is 4.73 Å². The third kappa shape index (κ3) is 0.922. The predicted molar refractivity (Wildman–Crippen MR) is 46.9 cm³/mol. The molecule has 12 heavy (non-hydrogen) atoms. The van der Waals surface area contributed by atoms with Gasteiger partial charge in [-0.15, -0.1) is 0 Å². The van der Waals surface area contributed by atoms with Crippen LogP contribution in [0.4, 0.5) is 5.69 Å². The first kappa shape index (κ1) is 7.09. The van der Waals surface area contributed by atoms with Gasteiger partial charge in [-0.25, -0.2) is 0 Å². The minimum absolute atomic E-state index is 0.648. The van der Waals surface area contributed by atoms with Crippen molar-refractivity contribution in [3.05, 3.63) is 24.7 Å². The van der Waals surface area contributed by atoms with Crippen molar-refractivity contribution in [3.8, 4) is 0 Å². The van der Waals surface area contributed by atoms with E-state index in [1.807, 2.05) is 36.0 Å². The Morgan fingerprint density at radius 1 is 1.50 bits per heavy atom. The van der Waals surface area contributed by atoms with Crippen molar-refractivity contribution in [3.63, 3.8) is 0 Å². The van der Waals surface area contributed by atoms with Crippen LogP contribution in [0.5, 0.6) is 0 Å². The summed E-state index contributed by atoms with van der Waals surface area (Å²) >= 11 is 0. The Kier molecular flexibility index (Phi) is 1.46. The molecule has 0 radical (unpaired) electrons. The Balaban J connectivity index is 2.53. The molecule has 0 aliphatic heterocycles. The van der Waals surface area contributed by atoms with E-state index in [9.17, 15) is 0 Å². The van der Waals surface area contributed by atoms with E-state index in [4.69, 9.17) is 10.6 Å². The van der Waals surface area contributed by atoms with Gasteiger partial charge in [0, 0.05) is 18.5 Å². The molecule has 0 saturated carbocycles. The quantitative estimate of drug-likeness (QED) is 0.714. The average Bonchev–Trinajstić information content (AvgIpc) is 2.52. The highest BCUT2D eigenvalue weighted by molar-refractivity contribution is 5.54. The largest absolute Gasteiger partial charge is 0.413 e. The van der Waals surface area contributed by atoms with Crippen molar-refractivity contribution in [2.45, 2.75) is 6.92 Å². The molecule has 0 aliphatic rings. The fraction of sp³-hybridized carbons (Fsp3) is 0.250. The van der Waals surface area contributed by atoms with E-state index in [1.54, 1.807) is 4.73 Å². The SMILES string of the molecule is CCOn1ccn2cc(N)cc12. The first-order valence-corrected chi connectivity index (χ1v) is 3.89. The van der Waals surface area contributed by atoms with E-state index in [-0.39, 0.29) is 0 Å². The Morgan fingerprint density at radius 3 is 3.08 bits per heavy atom. The van der Waals surface area contributed by atoms with Crippen LogP contribution in [-0.4, -0.2) is 15.7 Å². The first-order chi connectivity index (χ1) is 5.81. The Bertz CT molecular complexity index is 388. The van der Waals surface area contributed by atoms with Crippen LogP contribution in [0.3, 0.4) is 0 Å². The number of nitrogens with zero attached hydrogens (tertiary/aromatic N) is 2. The van der Waals surface area contributed by atoms with Crippen LogP contribution in [0.25, 0.3) is 5.65 Å². The number of nitrogen functional groups attached to an aromatic ring is 1. The van der Waals surface area contributed by atoms with Gasteiger partial charge in [0.2, 0.25) is 0 Å². The topological polar surface area (TPSA) is 44.6 Å². The molecule has 0 saturated heterocycles. The van der Waals surface area contributed by atoms with Gasteiger partial charge < -0.3 is 15.0 Å². The number of aromatic nitrogens is 2. The second-order valence-corrected chi connectivity index (χ2v) is 2.58. The second-order valence-electron chi connectivity index (χ2n) is 2.58. The number of rotatable bonds is 2. The summed E-state index contributed by atoms with van der Waals surface area (Å²) < 4.78 is 3.63. The van der Waals surface area contributed by atoms with E-state index in [0.29, 0.717) is 6.61 Å². The summed E-state index contributed by atoms with van der Waals surface area (Å²) in [4.78, 5) is 5.31. The summed E-state index contributed by atoms with van der Waals surface area (Å²) in [5.41, 5.74) is 7.31. The van der Waals surface area contributed by atoms with Crippen molar-refractivity contribution in [2.24, 2.45) is 0 Å². The third-order valence-electron chi connectivity index (χ3n) is 1.71. The maximum Gasteiger partial charge on any atom is 0.155 e. The molecule has 4 heteroatoms. The lowest BCUT2D eigenvalue weighted by atomic mass is 10.5. The second kappa shape index (κ2) is 2.48. The molecule has 0 fully saturated rings. The van der Waals surface area contributed by atoms with Gasteiger partial charge in [-0.3, -0.25) is 0 Å². The highest BCUT2D eigenvalue weighted by Crippen LogP contribution is 2.11. The molecule has 2 heterocycles. The Hall–Kier alpha value is -1.58. The van der Waals surface area contributed by atoms with Gasteiger partial charge in [-0.05, 0) is 6.92 Å². The molecule has 0 spiro atoms. The molecule has 0 amide bonds. The van der Waals surface area contributed by atoms with Crippen LogP contribution in [0, 0.1) is 0 Å². The Labute approximate surface area is 70.1 Å². The van der Waals surface area contributed by atoms with Crippen LogP contribution in [0.15, 0.2) is 24.7 Å². The molecule has 0 aromatic carbocycles. The number of hydrogen-bond donors (Lipinski definition) is 1. The van der Waals surface area contributed by atoms with Crippen molar-refractivity contribution in [1.82, 2.24) is 9.13 Å². The molecule has 2 aromatic heterocycles. The average molecular weight is 165 g/mol. The van der Waals surface area contributed by atoms with Crippen LogP contribution >= 0.6 is 0 Å². The van der Waals surface area contributed by atoms with Crippen LogP contribution in [0.2, 0.25) is 0 Å². The van der Waals surface area contributed by atoms with Crippen molar-refractivity contribution < 1.29 is 4.84 Å². The molecule has 2 aromatic rings. The maximum absolute atomic E-state index is 5.61. The molecule has 64 valence electrons. The van der Waals surface area contributed by atoms with Crippen LogP contribution in [0.1, 0.15) is 6.92 Å². The minimum Gasteiger partial charge on any atom is -0.413 e. The van der Waals surface area contributed by atoms with Gasteiger partial charge in [0.25, 0.3) is 0 Å². The number of hydrogen-bond acceptors (Lipinski definition) is 2. The molecular weight excluding hydrogens is 154 g/mol. The lowest BCUT2D eigenvalue weighted by molar-refractivity contribution is 0.131. The van der Waals surface area contributed by atoms with Crippen LogP contribution < -0.4 is 10.6 Å². The zero-order chi connectivity index (χ0) is 8.55. The van der Waals surface area contributed by atoms with E-state index >= 15 is 0 Å². The van der Waals surface area contributed by atoms with E-state index in [1.165, 1.54) is 0 Å². The minimum atomic E-state index is 0.648. The van der Waals surface area contributed by atoms with Gasteiger partial charge in [-0.1, -0.05) is 0 Å². The highest BCUT2D eigenvalue weighted by Gasteiger charge is 2.01. The standard InChI is InChI=1S/C8H11N3O/c1-2-12-11-4-3-10-6-7(9)5-8(10)11/h3-6H,2,9H2,1H3. The number of imidazole rings is 1. The molecule has 0 unspecified atom stereocenters. The summed E-state index contributed by atoms with van der Waals surface area (Å²) in [6.45, 7) is 2.60. The molecule has 2 N–H and O–H groups in total. The molecule has 0 atom stereocenters. The fourth-order valence-electron chi connectivity index (χ4n) is 1.24. The molecule has 0 aliphatic carbocycles. The molecule has 2 rings (SSSR count).